The summed E-state index contributed by atoms with van der Waals surface area (Å²) < 4.78 is 42.3. The molecule has 1 aliphatic heterocycles. The first-order valence-corrected chi connectivity index (χ1v) is 9.74. The van der Waals surface area contributed by atoms with Crippen molar-refractivity contribution in [1.29, 1.82) is 0 Å². The lowest BCUT2D eigenvalue weighted by Gasteiger charge is -2.31. The molecule has 30 heavy (non-hydrogen) atoms. The fraction of sp³-hybridized carbons (Fsp3) is 0.381. The molecule has 0 unspecified atom stereocenters. The number of benzene rings is 1. The Morgan fingerprint density at radius 2 is 1.93 bits per heavy atom. The van der Waals surface area contributed by atoms with Gasteiger partial charge in [0.1, 0.15) is 5.82 Å². The normalized spacial score (nSPS) is 16.8. The number of piperidine rings is 1. The van der Waals surface area contributed by atoms with Gasteiger partial charge in [-0.2, -0.15) is 5.10 Å². The lowest BCUT2D eigenvalue weighted by Crippen LogP contribution is -2.40. The van der Waals surface area contributed by atoms with Gasteiger partial charge in [0.25, 0.3) is 5.92 Å². The van der Waals surface area contributed by atoms with E-state index in [0.29, 0.717) is 42.8 Å². The highest BCUT2D eigenvalue weighted by Crippen LogP contribution is 2.28. The Balaban J connectivity index is 1.59. The van der Waals surface area contributed by atoms with Gasteiger partial charge in [-0.15, -0.1) is 0 Å². The summed E-state index contributed by atoms with van der Waals surface area (Å²) in [5.41, 5.74) is 1.87. The van der Waals surface area contributed by atoms with Crippen molar-refractivity contribution in [3.8, 4) is 0 Å². The highest BCUT2D eigenvalue weighted by Gasteiger charge is 2.33. The van der Waals surface area contributed by atoms with E-state index in [1.807, 2.05) is 4.90 Å². The second kappa shape index (κ2) is 8.06. The van der Waals surface area contributed by atoms with Crippen LogP contribution in [0.2, 0.25) is 0 Å². The second-order valence-corrected chi connectivity index (χ2v) is 7.54. The van der Waals surface area contributed by atoms with Crippen LogP contribution in [0.15, 0.2) is 36.7 Å². The molecule has 1 aromatic carbocycles. The van der Waals surface area contributed by atoms with Gasteiger partial charge < -0.3 is 10.0 Å². The van der Waals surface area contributed by atoms with Crippen LogP contribution >= 0.6 is 0 Å². The number of aromatic carboxylic acids is 1. The van der Waals surface area contributed by atoms with Gasteiger partial charge in [-0.05, 0) is 29.8 Å². The molecule has 0 spiro atoms. The largest absolute Gasteiger partial charge is 0.478 e. The summed E-state index contributed by atoms with van der Waals surface area (Å²) in [5.74, 6) is -4.07. The fourth-order valence-corrected chi connectivity index (χ4v) is 3.82. The van der Waals surface area contributed by atoms with Crippen LogP contribution in [-0.4, -0.2) is 56.3 Å². The molecule has 3 heterocycles. The van der Waals surface area contributed by atoms with Gasteiger partial charge in [0.15, 0.2) is 0 Å². The number of pyridine rings is 1. The summed E-state index contributed by atoms with van der Waals surface area (Å²) in [7, 11) is 0. The number of carboxylic acids is 1. The Morgan fingerprint density at radius 3 is 2.67 bits per heavy atom. The first kappa shape index (κ1) is 20.3. The van der Waals surface area contributed by atoms with Gasteiger partial charge in [-0.25, -0.2) is 18.0 Å². The molecule has 0 atom stereocenters. The molecule has 1 N–H and O–H groups in total. The van der Waals surface area contributed by atoms with Crippen molar-refractivity contribution in [1.82, 2.24) is 19.7 Å². The lowest BCUT2D eigenvalue weighted by molar-refractivity contribution is -0.0555. The highest BCUT2D eigenvalue weighted by molar-refractivity contribution is 5.89. The SMILES string of the molecule is O=C(O)c1ccncc1Cc1nn(CCN2CCC(F)(F)CC2)c2ccc(F)cc12. The predicted octanol–water partition coefficient (Wildman–Crippen LogP) is 3.59. The fourth-order valence-electron chi connectivity index (χ4n) is 3.82. The topological polar surface area (TPSA) is 71.2 Å². The molecule has 6 nitrogen and oxygen atoms in total. The number of alkyl halides is 2. The zero-order chi connectivity index (χ0) is 21.3. The van der Waals surface area contributed by atoms with Crippen molar-refractivity contribution in [3.63, 3.8) is 0 Å². The third-order valence-corrected chi connectivity index (χ3v) is 5.50. The molecule has 2 aromatic heterocycles. The van der Waals surface area contributed by atoms with Gasteiger partial charge in [0.05, 0.1) is 23.3 Å². The Hall–Kier alpha value is -2.94. The van der Waals surface area contributed by atoms with E-state index in [1.54, 1.807) is 10.7 Å². The minimum atomic E-state index is -2.59. The van der Waals surface area contributed by atoms with Gasteiger partial charge in [-0.3, -0.25) is 9.67 Å². The van der Waals surface area contributed by atoms with Gasteiger partial charge in [-0.1, -0.05) is 0 Å². The van der Waals surface area contributed by atoms with E-state index in [-0.39, 0.29) is 24.8 Å². The van der Waals surface area contributed by atoms with Crippen molar-refractivity contribution in [2.45, 2.75) is 31.7 Å². The standard InChI is InChI=1S/C21H21F3N4O2/c22-15-1-2-19-17(12-15)18(11-14-13-25-6-3-16(14)20(29)30)26-28(19)10-9-27-7-4-21(23,24)5-8-27/h1-3,6,12-13H,4-5,7-11H2,(H,29,30). The van der Waals surface area contributed by atoms with Crippen LogP contribution in [0.25, 0.3) is 10.9 Å². The lowest BCUT2D eigenvalue weighted by atomic mass is 10.0. The minimum absolute atomic E-state index is 0.123. The number of fused-ring (bicyclic) bond motifs is 1. The number of halogens is 3. The molecule has 1 fully saturated rings. The highest BCUT2D eigenvalue weighted by atomic mass is 19.3. The maximum absolute atomic E-state index is 13.9. The van der Waals surface area contributed by atoms with E-state index in [4.69, 9.17) is 0 Å². The maximum Gasteiger partial charge on any atom is 0.336 e. The zero-order valence-electron chi connectivity index (χ0n) is 16.2. The number of likely N-dealkylation sites (tertiary alicyclic amines) is 1. The number of rotatable bonds is 6. The van der Waals surface area contributed by atoms with Crippen LogP contribution in [-0.2, 0) is 13.0 Å². The Labute approximate surface area is 170 Å². The van der Waals surface area contributed by atoms with E-state index >= 15 is 0 Å². The first-order chi connectivity index (χ1) is 14.3. The first-order valence-electron chi connectivity index (χ1n) is 9.74. The van der Waals surface area contributed by atoms with E-state index in [1.165, 1.54) is 30.6 Å². The molecule has 0 aliphatic carbocycles. The predicted molar refractivity (Wildman–Crippen MR) is 104 cm³/mol. The van der Waals surface area contributed by atoms with E-state index in [0.717, 1.165) is 5.52 Å². The quantitative estimate of drug-likeness (QED) is 0.663. The Bertz CT molecular complexity index is 1070. The van der Waals surface area contributed by atoms with Crippen LogP contribution in [0.5, 0.6) is 0 Å². The number of carbonyl (C=O) groups is 1. The number of aromatic nitrogens is 3. The summed E-state index contributed by atoms with van der Waals surface area (Å²) in [6, 6.07) is 5.78. The van der Waals surface area contributed by atoms with Gasteiger partial charge >= 0.3 is 5.97 Å². The number of hydrogen-bond acceptors (Lipinski definition) is 4. The molecule has 158 valence electrons. The molecule has 0 bridgehead atoms. The molecule has 9 heteroatoms. The molecule has 1 aliphatic rings. The molecular formula is C21H21F3N4O2. The summed E-state index contributed by atoms with van der Waals surface area (Å²) in [4.78, 5) is 17.5. The van der Waals surface area contributed by atoms with Crippen molar-refractivity contribution < 1.29 is 23.1 Å². The molecule has 0 radical (unpaired) electrons. The molecular weight excluding hydrogens is 397 g/mol. The van der Waals surface area contributed by atoms with Crippen molar-refractivity contribution >= 4 is 16.9 Å². The Morgan fingerprint density at radius 1 is 1.17 bits per heavy atom. The van der Waals surface area contributed by atoms with Crippen LogP contribution < -0.4 is 0 Å². The van der Waals surface area contributed by atoms with Crippen molar-refractivity contribution in [2.75, 3.05) is 19.6 Å². The molecule has 4 rings (SSSR count). The van der Waals surface area contributed by atoms with Gasteiger partial charge in [0.2, 0.25) is 0 Å². The molecule has 3 aromatic rings. The van der Waals surface area contributed by atoms with Crippen molar-refractivity contribution in [2.24, 2.45) is 0 Å². The number of carboxylic acid groups (broad SMARTS) is 1. The second-order valence-electron chi connectivity index (χ2n) is 7.54. The van der Waals surface area contributed by atoms with Gasteiger partial charge in [0, 0.05) is 56.7 Å². The Kier molecular flexibility index (Phi) is 5.46. The van der Waals surface area contributed by atoms with E-state index < -0.39 is 17.7 Å². The van der Waals surface area contributed by atoms with E-state index in [9.17, 15) is 23.1 Å². The number of nitrogens with zero attached hydrogens (tertiary/aromatic N) is 4. The summed E-state index contributed by atoms with van der Waals surface area (Å²) in [5, 5.41) is 14.6. The van der Waals surface area contributed by atoms with Crippen LogP contribution in [0.1, 0.15) is 34.5 Å². The molecule has 1 saturated heterocycles. The maximum atomic E-state index is 13.9. The summed E-state index contributed by atoms with van der Waals surface area (Å²) in [6.07, 6.45) is 2.77. The monoisotopic (exact) mass is 418 g/mol. The smallest absolute Gasteiger partial charge is 0.336 e. The van der Waals surface area contributed by atoms with Crippen molar-refractivity contribution in [3.05, 3.63) is 59.3 Å². The third kappa shape index (κ3) is 4.30. The minimum Gasteiger partial charge on any atom is -0.478 e. The third-order valence-electron chi connectivity index (χ3n) is 5.50. The average molecular weight is 418 g/mol. The van der Waals surface area contributed by atoms with Crippen LogP contribution in [0, 0.1) is 5.82 Å². The van der Waals surface area contributed by atoms with Crippen LogP contribution in [0.3, 0.4) is 0 Å². The average Bonchev–Trinajstić information content (AvgIpc) is 3.04. The summed E-state index contributed by atoms with van der Waals surface area (Å²) in [6.45, 7) is 1.67. The van der Waals surface area contributed by atoms with E-state index in [2.05, 4.69) is 10.1 Å². The molecule has 0 amide bonds. The summed E-state index contributed by atoms with van der Waals surface area (Å²) >= 11 is 0. The van der Waals surface area contributed by atoms with Crippen LogP contribution in [0.4, 0.5) is 13.2 Å². The number of hydrogen-bond donors (Lipinski definition) is 1. The molecule has 0 saturated carbocycles. The zero-order valence-corrected chi connectivity index (χ0v) is 16.2.